The number of nitrogens with one attached hydrogen (secondary N) is 2. The van der Waals surface area contributed by atoms with E-state index in [-0.39, 0.29) is 34.2 Å². The van der Waals surface area contributed by atoms with Crippen molar-refractivity contribution in [3.8, 4) is 11.1 Å². The molecule has 1 aromatic carbocycles. The molecule has 2 amide bonds. The summed E-state index contributed by atoms with van der Waals surface area (Å²) in [6.07, 6.45) is 3.86. The maximum atomic E-state index is 14.6. The van der Waals surface area contributed by atoms with E-state index in [4.69, 9.17) is 0 Å². The van der Waals surface area contributed by atoms with Gasteiger partial charge in [0.05, 0.1) is 16.8 Å². The standard InChI is InChI=1S/C20H18F2N4O4S2/c1-32(29,30)17(19(28)24-9-16(27)25-10-4-5-10)20-26-14-7-12(13(21)8-15(14)31-20)11-3-2-6-23-18(11)22/h2-3,6-8,10,17H,4-5,9H2,1H3,(H,24,28)(H,25,27). The summed E-state index contributed by atoms with van der Waals surface area (Å²) in [7, 11) is -3.96. The van der Waals surface area contributed by atoms with Gasteiger partial charge in [0, 0.05) is 29.6 Å². The van der Waals surface area contributed by atoms with E-state index in [0.29, 0.717) is 4.70 Å². The number of carbonyl (C=O) groups is 2. The highest BCUT2D eigenvalue weighted by molar-refractivity contribution is 7.91. The molecule has 0 spiro atoms. The van der Waals surface area contributed by atoms with Crippen LogP contribution in [0.3, 0.4) is 0 Å². The molecule has 1 unspecified atom stereocenters. The lowest BCUT2D eigenvalue weighted by Gasteiger charge is -2.12. The molecule has 8 nitrogen and oxygen atoms in total. The van der Waals surface area contributed by atoms with Crippen molar-refractivity contribution in [3.63, 3.8) is 0 Å². The first-order chi connectivity index (χ1) is 15.1. The Morgan fingerprint density at radius 2 is 2.00 bits per heavy atom. The van der Waals surface area contributed by atoms with Gasteiger partial charge in [-0.3, -0.25) is 9.59 Å². The van der Waals surface area contributed by atoms with Crippen LogP contribution in [0.5, 0.6) is 0 Å². The summed E-state index contributed by atoms with van der Waals surface area (Å²) in [5.41, 5.74) is 0.0511. The number of rotatable bonds is 7. The summed E-state index contributed by atoms with van der Waals surface area (Å²) < 4.78 is 53.7. The molecule has 1 fully saturated rings. The lowest BCUT2D eigenvalue weighted by molar-refractivity contribution is -0.126. The number of hydrogen-bond donors (Lipinski definition) is 2. The molecular weight excluding hydrogens is 462 g/mol. The molecule has 0 aliphatic heterocycles. The molecule has 1 atom stereocenters. The number of thiazole rings is 1. The number of benzene rings is 1. The molecule has 0 radical (unpaired) electrons. The molecule has 2 N–H and O–H groups in total. The zero-order valence-electron chi connectivity index (χ0n) is 16.8. The number of aromatic nitrogens is 2. The van der Waals surface area contributed by atoms with E-state index in [1.807, 2.05) is 0 Å². The first-order valence-electron chi connectivity index (χ1n) is 9.60. The minimum absolute atomic E-state index is 0.0690. The van der Waals surface area contributed by atoms with Gasteiger partial charge in [-0.1, -0.05) is 0 Å². The van der Waals surface area contributed by atoms with Crippen LogP contribution in [0.25, 0.3) is 21.3 Å². The minimum atomic E-state index is -3.96. The van der Waals surface area contributed by atoms with Crippen molar-refractivity contribution in [1.29, 1.82) is 0 Å². The fourth-order valence-electron chi connectivity index (χ4n) is 3.13. The Morgan fingerprint density at radius 3 is 2.66 bits per heavy atom. The maximum absolute atomic E-state index is 14.6. The molecule has 1 saturated carbocycles. The summed E-state index contributed by atoms with van der Waals surface area (Å²) in [6.45, 7) is -0.370. The van der Waals surface area contributed by atoms with Crippen LogP contribution in [0.2, 0.25) is 0 Å². The Balaban J connectivity index is 1.65. The van der Waals surface area contributed by atoms with Gasteiger partial charge in [-0.2, -0.15) is 4.39 Å². The molecule has 1 aliphatic rings. The average molecular weight is 481 g/mol. The highest BCUT2D eigenvalue weighted by atomic mass is 32.2. The highest BCUT2D eigenvalue weighted by Gasteiger charge is 2.34. The smallest absolute Gasteiger partial charge is 0.245 e. The van der Waals surface area contributed by atoms with Crippen molar-refractivity contribution >= 4 is 43.2 Å². The van der Waals surface area contributed by atoms with Crippen molar-refractivity contribution in [3.05, 3.63) is 47.2 Å². The zero-order chi connectivity index (χ0) is 23.0. The van der Waals surface area contributed by atoms with E-state index in [1.165, 1.54) is 24.4 Å². The predicted molar refractivity (Wildman–Crippen MR) is 115 cm³/mol. The summed E-state index contributed by atoms with van der Waals surface area (Å²) in [5, 5.41) is 3.26. The van der Waals surface area contributed by atoms with Crippen LogP contribution in [-0.4, -0.2) is 49.0 Å². The first kappa shape index (κ1) is 22.2. The molecule has 2 heterocycles. The molecular formula is C20H18F2N4O4S2. The van der Waals surface area contributed by atoms with Crippen LogP contribution < -0.4 is 10.6 Å². The topological polar surface area (TPSA) is 118 Å². The fourth-order valence-corrected chi connectivity index (χ4v) is 5.64. The Hall–Kier alpha value is -2.99. The van der Waals surface area contributed by atoms with Gasteiger partial charge < -0.3 is 10.6 Å². The Morgan fingerprint density at radius 1 is 1.25 bits per heavy atom. The van der Waals surface area contributed by atoms with Crippen LogP contribution in [0.4, 0.5) is 8.78 Å². The van der Waals surface area contributed by atoms with Crippen molar-refractivity contribution in [1.82, 2.24) is 20.6 Å². The number of fused-ring (bicyclic) bond motifs is 1. The normalized spacial score (nSPS) is 14.8. The lowest BCUT2D eigenvalue weighted by Crippen LogP contribution is -2.41. The number of sulfone groups is 1. The number of hydrogen-bond acceptors (Lipinski definition) is 7. The van der Waals surface area contributed by atoms with Crippen LogP contribution in [0.1, 0.15) is 23.1 Å². The van der Waals surface area contributed by atoms with Gasteiger partial charge in [0.25, 0.3) is 0 Å². The average Bonchev–Trinajstić information content (AvgIpc) is 3.43. The molecule has 4 rings (SSSR count). The highest BCUT2D eigenvalue weighted by Crippen LogP contribution is 2.35. The third kappa shape index (κ3) is 4.75. The van der Waals surface area contributed by atoms with E-state index in [9.17, 15) is 26.8 Å². The van der Waals surface area contributed by atoms with Gasteiger partial charge in [-0.25, -0.2) is 22.8 Å². The van der Waals surface area contributed by atoms with Gasteiger partial charge in [0.1, 0.15) is 10.8 Å². The van der Waals surface area contributed by atoms with Crippen molar-refractivity contribution in [2.75, 3.05) is 12.8 Å². The fraction of sp³-hybridized carbons (Fsp3) is 0.300. The van der Waals surface area contributed by atoms with Gasteiger partial charge in [0.2, 0.25) is 17.8 Å². The van der Waals surface area contributed by atoms with E-state index < -0.39 is 38.7 Å². The Labute approximate surface area is 186 Å². The van der Waals surface area contributed by atoms with Crippen molar-refractivity contribution < 1.29 is 26.8 Å². The first-order valence-corrected chi connectivity index (χ1v) is 12.4. The van der Waals surface area contributed by atoms with Crippen molar-refractivity contribution in [2.45, 2.75) is 24.1 Å². The summed E-state index contributed by atoms with van der Waals surface area (Å²) in [5.74, 6) is -2.92. The predicted octanol–water partition coefficient (Wildman–Crippen LogP) is 2.12. The molecule has 168 valence electrons. The summed E-state index contributed by atoms with van der Waals surface area (Å²) >= 11 is 0.837. The second kappa shape index (κ2) is 8.51. The van der Waals surface area contributed by atoms with Gasteiger partial charge in [-0.05, 0) is 37.1 Å². The quantitative estimate of drug-likeness (QED) is 0.500. The van der Waals surface area contributed by atoms with E-state index >= 15 is 0 Å². The Bertz CT molecular complexity index is 1320. The van der Waals surface area contributed by atoms with Gasteiger partial charge in [0.15, 0.2) is 15.1 Å². The number of pyridine rings is 1. The van der Waals surface area contributed by atoms with Crippen LogP contribution in [0, 0.1) is 11.8 Å². The molecule has 0 bridgehead atoms. The van der Waals surface area contributed by atoms with Gasteiger partial charge >= 0.3 is 0 Å². The number of amides is 2. The summed E-state index contributed by atoms with van der Waals surface area (Å²) in [4.78, 5) is 32.2. The zero-order valence-corrected chi connectivity index (χ0v) is 18.4. The molecule has 1 aliphatic carbocycles. The third-order valence-corrected chi connectivity index (χ3v) is 7.33. The molecule has 0 saturated heterocycles. The molecule has 3 aromatic rings. The molecule has 32 heavy (non-hydrogen) atoms. The monoisotopic (exact) mass is 480 g/mol. The largest absolute Gasteiger partial charge is 0.352 e. The maximum Gasteiger partial charge on any atom is 0.245 e. The molecule has 2 aromatic heterocycles. The number of halogens is 2. The number of carbonyl (C=O) groups excluding carboxylic acids is 2. The van der Waals surface area contributed by atoms with Crippen LogP contribution in [0.15, 0.2) is 30.5 Å². The lowest BCUT2D eigenvalue weighted by atomic mass is 10.1. The Kier molecular flexibility index (Phi) is 5.91. The number of nitrogens with zero attached hydrogens (tertiary/aromatic N) is 2. The van der Waals surface area contributed by atoms with E-state index in [1.54, 1.807) is 0 Å². The third-order valence-electron chi connectivity index (χ3n) is 4.80. The minimum Gasteiger partial charge on any atom is -0.352 e. The van der Waals surface area contributed by atoms with Crippen LogP contribution >= 0.6 is 11.3 Å². The SMILES string of the molecule is CS(=O)(=O)C(C(=O)NCC(=O)NC1CC1)c1nc2cc(-c3cccnc3F)c(F)cc2s1. The second-order valence-electron chi connectivity index (χ2n) is 7.46. The van der Waals surface area contributed by atoms with Gasteiger partial charge in [-0.15, -0.1) is 11.3 Å². The van der Waals surface area contributed by atoms with E-state index in [2.05, 4.69) is 20.6 Å². The van der Waals surface area contributed by atoms with Crippen LogP contribution in [-0.2, 0) is 19.4 Å². The second-order valence-corrected chi connectivity index (χ2v) is 10.7. The van der Waals surface area contributed by atoms with E-state index in [0.717, 1.165) is 36.5 Å². The van der Waals surface area contributed by atoms with Crippen molar-refractivity contribution in [2.24, 2.45) is 0 Å². The summed E-state index contributed by atoms with van der Waals surface area (Å²) in [6, 6.07) is 5.31. The molecule has 12 heteroatoms.